The van der Waals surface area contributed by atoms with Crippen LogP contribution in [-0.4, -0.2) is 61.0 Å². The molecule has 0 amide bonds. The van der Waals surface area contributed by atoms with Gasteiger partial charge in [-0.05, 0) is 0 Å². The molecule has 0 saturated carbocycles. The summed E-state index contributed by atoms with van der Waals surface area (Å²) < 4.78 is 25.2. The van der Waals surface area contributed by atoms with Crippen LogP contribution in [0.25, 0.3) is 0 Å². The molecule has 0 atom stereocenters. The van der Waals surface area contributed by atoms with E-state index in [1.54, 1.807) is 0 Å². The zero-order chi connectivity index (χ0) is 22.0. The van der Waals surface area contributed by atoms with Crippen LogP contribution in [0.15, 0.2) is 13.9 Å². The van der Waals surface area contributed by atoms with E-state index >= 15 is 0 Å². The monoisotopic (exact) mass is 538 g/mol. The third kappa shape index (κ3) is 7.89. The minimum atomic E-state index is -3.75. The Kier molecular flexibility index (Phi) is 8.71. The van der Waals surface area contributed by atoms with Gasteiger partial charge in [0, 0.05) is 0 Å². The van der Waals surface area contributed by atoms with Crippen molar-refractivity contribution < 1.29 is 0 Å². The molecule has 1 heterocycles. The van der Waals surface area contributed by atoms with Crippen LogP contribution >= 0.6 is 0 Å². The van der Waals surface area contributed by atoms with Gasteiger partial charge in [0.1, 0.15) is 0 Å². The van der Waals surface area contributed by atoms with E-state index in [1.807, 2.05) is 0 Å². The van der Waals surface area contributed by atoms with E-state index < -0.39 is 19.5 Å². The molecule has 0 aromatic rings. The molecule has 164 valence electrons. The van der Waals surface area contributed by atoms with E-state index in [-0.39, 0.29) is 22.2 Å². The molecule has 1 aliphatic heterocycles. The number of hydrogen-bond donors (Lipinski definition) is 0. The van der Waals surface area contributed by atoms with E-state index in [4.69, 9.17) is 13.9 Å². The van der Waals surface area contributed by atoms with Crippen molar-refractivity contribution in [3.8, 4) is 0 Å². The van der Waals surface area contributed by atoms with Gasteiger partial charge >= 0.3 is 187 Å². The first-order valence-corrected chi connectivity index (χ1v) is 16.7. The van der Waals surface area contributed by atoms with Gasteiger partial charge in [0.2, 0.25) is 0 Å². The van der Waals surface area contributed by atoms with Gasteiger partial charge in [0.25, 0.3) is 0 Å². The van der Waals surface area contributed by atoms with Crippen molar-refractivity contribution >= 4 is 42.2 Å². The van der Waals surface area contributed by atoms with E-state index in [0.717, 1.165) is 19.5 Å². The van der Waals surface area contributed by atoms with Crippen LogP contribution in [0, 0.1) is 0 Å². The van der Waals surface area contributed by atoms with Gasteiger partial charge in [-0.15, -0.1) is 0 Å². The zero-order valence-electron chi connectivity index (χ0n) is 20.1. The Balaban J connectivity index is 3.79. The fraction of sp³-hybridized carbons (Fsp3) is 1.00. The van der Waals surface area contributed by atoms with Crippen LogP contribution in [0.3, 0.4) is 0 Å². The van der Waals surface area contributed by atoms with Gasteiger partial charge < -0.3 is 0 Å². The second-order valence-electron chi connectivity index (χ2n) is 11.5. The van der Waals surface area contributed by atoms with Crippen LogP contribution in [0.5, 0.6) is 0 Å². The zero-order valence-corrected chi connectivity index (χ0v) is 24.6. The van der Waals surface area contributed by atoms with Gasteiger partial charge in [-0.2, -0.15) is 0 Å². The van der Waals surface area contributed by atoms with Crippen molar-refractivity contribution in [2.75, 3.05) is 13.1 Å². The fourth-order valence-corrected chi connectivity index (χ4v) is 19.7. The Labute approximate surface area is 186 Å². The van der Waals surface area contributed by atoms with Crippen molar-refractivity contribution in [2.45, 2.75) is 112 Å². The SMILES string of the molecule is CC(C)(C)N=S=[N][Sn]1([N]=S=NC(C)(C)C)[N](C(C)(C)C)CCC[N]1C(C)(C)C. The van der Waals surface area contributed by atoms with Crippen LogP contribution < -0.4 is 0 Å². The minimum absolute atomic E-state index is 0.00240. The van der Waals surface area contributed by atoms with Crippen LogP contribution in [0.4, 0.5) is 0 Å². The molecule has 1 fully saturated rings. The van der Waals surface area contributed by atoms with Crippen molar-refractivity contribution in [3.63, 3.8) is 0 Å². The van der Waals surface area contributed by atoms with Gasteiger partial charge in [-0.25, -0.2) is 0 Å². The summed E-state index contributed by atoms with van der Waals surface area (Å²) in [6, 6.07) is 0. The van der Waals surface area contributed by atoms with Crippen molar-refractivity contribution in [1.82, 2.24) is 6.24 Å². The molecular weight excluding hydrogens is 495 g/mol. The average Bonchev–Trinajstić information content (AvgIpc) is 2.42. The van der Waals surface area contributed by atoms with Gasteiger partial charge in [-0.1, -0.05) is 0 Å². The molecule has 0 aliphatic carbocycles. The molecule has 0 radical (unpaired) electrons. The Bertz CT molecular complexity index is 608. The van der Waals surface area contributed by atoms with Gasteiger partial charge in [0.05, 0.1) is 0 Å². The van der Waals surface area contributed by atoms with Crippen molar-refractivity contribution in [1.29, 1.82) is 0 Å². The molecule has 0 unspecified atom stereocenters. The molecule has 0 bridgehead atoms. The Hall–Kier alpha value is 0.359. The third-order valence-electron chi connectivity index (χ3n) is 4.06. The van der Waals surface area contributed by atoms with Gasteiger partial charge in [-0.3, -0.25) is 0 Å². The Morgan fingerprint density at radius 2 is 0.929 bits per heavy atom. The summed E-state index contributed by atoms with van der Waals surface area (Å²) in [5, 5.41) is 0. The fourth-order valence-electron chi connectivity index (χ4n) is 3.01. The number of nitrogens with zero attached hydrogens (tertiary/aromatic N) is 6. The Morgan fingerprint density at radius 1 is 0.607 bits per heavy atom. The second-order valence-corrected chi connectivity index (χ2v) is 22.2. The predicted molar refractivity (Wildman–Crippen MR) is 127 cm³/mol. The summed E-state index contributed by atoms with van der Waals surface area (Å²) in [4.78, 5) is 0. The molecule has 0 aromatic heterocycles. The molecule has 0 spiro atoms. The topological polar surface area (TPSA) is 55.9 Å². The van der Waals surface area contributed by atoms with E-state index in [9.17, 15) is 0 Å². The van der Waals surface area contributed by atoms with Crippen LogP contribution in [0.1, 0.15) is 89.5 Å². The van der Waals surface area contributed by atoms with E-state index in [1.165, 1.54) is 22.7 Å². The summed E-state index contributed by atoms with van der Waals surface area (Å²) in [5.41, 5.74) is -0.259. The van der Waals surface area contributed by atoms with Crippen LogP contribution in [0.2, 0.25) is 0 Å². The molecule has 1 rings (SSSR count). The number of rotatable bonds is 2. The Morgan fingerprint density at radius 3 is 1.18 bits per heavy atom. The first kappa shape index (κ1) is 26.4. The van der Waals surface area contributed by atoms with Crippen molar-refractivity contribution in [3.05, 3.63) is 0 Å². The quantitative estimate of drug-likeness (QED) is 0.436. The molecule has 0 N–H and O–H groups in total. The molecule has 0 aromatic carbocycles. The standard InChI is InChI=1S/C11H24N2.2C4H9N2S.Sn/c1-10(2,3)12-8-7-9-13-11(4,5)6;2*1-4(2,3)6-7-5;/h7-9H2,1-6H3;2*1-3H3;/q-2;2*-1;+4. The third-order valence-corrected chi connectivity index (χ3v) is 20.8. The maximum absolute atomic E-state index is 5.28. The number of hydrogen-bond acceptors (Lipinski definition) is 6. The molecule has 28 heavy (non-hydrogen) atoms. The molecular formula is C19H42N6S2Sn. The molecule has 6 nitrogen and oxygen atoms in total. The summed E-state index contributed by atoms with van der Waals surface area (Å²) in [7, 11) is 0. The average molecular weight is 537 g/mol. The molecule has 1 saturated heterocycles. The molecule has 1 aliphatic rings. The normalized spacial score (nSPS) is 19.7. The van der Waals surface area contributed by atoms with E-state index in [0.29, 0.717) is 0 Å². The summed E-state index contributed by atoms with van der Waals surface area (Å²) in [6.07, 6.45) is 1.14. The predicted octanol–water partition coefficient (Wildman–Crippen LogP) is 5.52. The summed E-state index contributed by atoms with van der Waals surface area (Å²) >= 11 is -0.997. The molecule has 9 heteroatoms. The first-order valence-electron chi connectivity index (χ1n) is 10.2. The van der Waals surface area contributed by atoms with Crippen LogP contribution in [-0.2, 0) is 22.7 Å². The second kappa shape index (κ2) is 9.24. The summed E-state index contributed by atoms with van der Waals surface area (Å²) in [5.74, 6) is 0. The first-order chi connectivity index (χ1) is 12.4. The summed E-state index contributed by atoms with van der Waals surface area (Å²) in [6.45, 7) is 28.5. The van der Waals surface area contributed by atoms with E-state index in [2.05, 4.69) is 89.3 Å². The van der Waals surface area contributed by atoms with Crippen molar-refractivity contribution in [2.24, 2.45) is 13.9 Å². The maximum atomic E-state index is 5.28. The van der Waals surface area contributed by atoms with Gasteiger partial charge in [0.15, 0.2) is 0 Å².